The van der Waals surface area contributed by atoms with E-state index in [9.17, 15) is 4.79 Å². The molecule has 0 saturated carbocycles. The number of aromatic nitrogens is 1. The Bertz CT molecular complexity index is 574. The summed E-state index contributed by atoms with van der Waals surface area (Å²) in [6, 6.07) is 3.87. The number of nitrogens with zero attached hydrogens (tertiary/aromatic N) is 1. The Morgan fingerprint density at radius 3 is 2.86 bits per heavy atom. The molecule has 0 radical (unpaired) electrons. The molecule has 2 aromatic rings. The highest BCUT2D eigenvalue weighted by atomic mass is 32.1. The third-order valence-electron chi connectivity index (χ3n) is 3.67. The SMILES string of the molecule is CCC(N)(CC)CNC(=O)Cc1coc(-c2cccs2)n1. The third kappa shape index (κ3) is 4.15. The molecular weight excluding hydrogens is 286 g/mol. The summed E-state index contributed by atoms with van der Waals surface area (Å²) >= 11 is 1.55. The van der Waals surface area contributed by atoms with Gasteiger partial charge in [0, 0.05) is 12.1 Å². The Morgan fingerprint density at radius 2 is 2.24 bits per heavy atom. The second-order valence-electron chi connectivity index (χ2n) is 5.14. The van der Waals surface area contributed by atoms with Gasteiger partial charge in [0.15, 0.2) is 0 Å². The number of rotatable bonds is 7. The maximum absolute atomic E-state index is 11.9. The summed E-state index contributed by atoms with van der Waals surface area (Å²) in [5.74, 6) is 0.473. The number of carbonyl (C=O) groups is 1. The van der Waals surface area contributed by atoms with Crippen LogP contribution in [-0.4, -0.2) is 23.0 Å². The number of amides is 1. The quantitative estimate of drug-likeness (QED) is 0.824. The first-order valence-corrected chi connectivity index (χ1v) is 7.98. The summed E-state index contributed by atoms with van der Waals surface area (Å²) in [6.07, 6.45) is 3.40. The van der Waals surface area contributed by atoms with Crippen LogP contribution in [-0.2, 0) is 11.2 Å². The zero-order valence-corrected chi connectivity index (χ0v) is 13.2. The van der Waals surface area contributed by atoms with Gasteiger partial charge in [0.2, 0.25) is 11.8 Å². The minimum absolute atomic E-state index is 0.0854. The number of nitrogens with one attached hydrogen (secondary N) is 1. The van der Waals surface area contributed by atoms with E-state index in [1.807, 2.05) is 31.4 Å². The van der Waals surface area contributed by atoms with Crippen molar-refractivity contribution < 1.29 is 9.21 Å². The van der Waals surface area contributed by atoms with Gasteiger partial charge in [-0.3, -0.25) is 4.79 Å². The number of thiophene rings is 1. The fourth-order valence-electron chi connectivity index (χ4n) is 1.90. The van der Waals surface area contributed by atoms with Crippen LogP contribution in [0.2, 0.25) is 0 Å². The fourth-order valence-corrected chi connectivity index (χ4v) is 2.56. The predicted octanol–water partition coefficient (Wildman–Crippen LogP) is 2.58. The van der Waals surface area contributed by atoms with E-state index in [4.69, 9.17) is 10.2 Å². The number of nitrogens with two attached hydrogens (primary N) is 1. The number of hydrogen-bond donors (Lipinski definition) is 2. The molecule has 0 fully saturated rings. The summed E-state index contributed by atoms with van der Waals surface area (Å²) in [6.45, 7) is 4.54. The summed E-state index contributed by atoms with van der Waals surface area (Å²) in [4.78, 5) is 17.2. The number of hydrogen-bond acceptors (Lipinski definition) is 5. The minimum Gasteiger partial charge on any atom is -0.444 e. The Labute approximate surface area is 128 Å². The van der Waals surface area contributed by atoms with Crippen molar-refractivity contribution in [1.29, 1.82) is 0 Å². The van der Waals surface area contributed by atoms with Crippen LogP contribution in [0.3, 0.4) is 0 Å². The highest BCUT2D eigenvalue weighted by molar-refractivity contribution is 7.13. The molecule has 21 heavy (non-hydrogen) atoms. The Balaban J connectivity index is 1.89. The van der Waals surface area contributed by atoms with Gasteiger partial charge in [0.05, 0.1) is 17.0 Å². The van der Waals surface area contributed by atoms with E-state index in [1.165, 1.54) is 6.26 Å². The van der Waals surface area contributed by atoms with Crippen LogP contribution in [0.1, 0.15) is 32.4 Å². The molecule has 1 amide bonds. The molecule has 2 aromatic heterocycles. The van der Waals surface area contributed by atoms with Crippen molar-refractivity contribution in [2.45, 2.75) is 38.6 Å². The normalized spacial score (nSPS) is 11.6. The van der Waals surface area contributed by atoms with Crippen LogP contribution in [0.4, 0.5) is 0 Å². The largest absolute Gasteiger partial charge is 0.444 e. The van der Waals surface area contributed by atoms with Gasteiger partial charge in [-0.05, 0) is 24.3 Å². The monoisotopic (exact) mass is 307 g/mol. The maximum atomic E-state index is 11.9. The molecule has 3 N–H and O–H groups in total. The average Bonchev–Trinajstić information content (AvgIpc) is 3.15. The topological polar surface area (TPSA) is 81.1 Å². The summed E-state index contributed by atoms with van der Waals surface area (Å²) < 4.78 is 5.39. The lowest BCUT2D eigenvalue weighted by atomic mass is 9.94. The second kappa shape index (κ2) is 6.87. The van der Waals surface area contributed by atoms with Gasteiger partial charge in [-0.25, -0.2) is 4.98 Å². The van der Waals surface area contributed by atoms with Crippen LogP contribution in [0.25, 0.3) is 10.8 Å². The molecule has 0 spiro atoms. The molecule has 0 aliphatic carbocycles. The van der Waals surface area contributed by atoms with Gasteiger partial charge in [0.1, 0.15) is 6.26 Å². The third-order valence-corrected chi connectivity index (χ3v) is 4.53. The van der Waals surface area contributed by atoms with Gasteiger partial charge in [-0.1, -0.05) is 19.9 Å². The minimum atomic E-state index is -0.332. The van der Waals surface area contributed by atoms with Crippen molar-refractivity contribution in [1.82, 2.24) is 10.3 Å². The van der Waals surface area contributed by atoms with Gasteiger partial charge >= 0.3 is 0 Å². The van der Waals surface area contributed by atoms with Crippen LogP contribution in [0.15, 0.2) is 28.2 Å². The number of carbonyl (C=O) groups excluding carboxylic acids is 1. The van der Waals surface area contributed by atoms with E-state index < -0.39 is 0 Å². The standard InChI is InChI=1S/C15H21N3O2S/c1-3-15(16,4-2)10-17-13(19)8-11-9-20-14(18-11)12-6-5-7-21-12/h5-7,9H,3-4,8,10,16H2,1-2H3,(H,17,19). The first-order chi connectivity index (χ1) is 10.1. The lowest BCUT2D eigenvalue weighted by Crippen LogP contribution is -2.49. The summed E-state index contributed by atoms with van der Waals surface area (Å²) in [5, 5.41) is 4.84. The number of oxazole rings is 1. The molecule has 0 bridgehead atoms. The van der Waals surface area contributed by atoms with Crippen molar-refractivity contribution in [2.75, 3.05) is 6.54 Å². The van der Waals surface area contributed by atoms with Crippen LogP contribution in [0, 0.1) is 0 Å². The van der Waals surface area contributed by atoms with Crippen molar-refractivity contribution in [2.24, 2.45) is 5.73 Å². The van der Waals surface area contributed by atoms with Crippen LogP contribution >= 0.6 is 11.3 Å². The molecule has 0 atom stereocenters. The Hall–Kier alpha value is -1.66. The van der Waals surface area contributed by atoms with E-state index in [2.05, 4.69) is 10.3 Å². The van der Waals surface area contributed by atoms with Gasteiger partial charge in [0.25, 0.3) is 0 Å². The Morgan fingerprint density at radius 1 is 1.48 bits per heavy atom. The maximum Gasteiger partial charge on any atom is 0.236 e. The predicted molar refractivity (Wildman–Crippen MR) is 84.0 cm³/mol. The molecule has 6 heteroatoms. The Kier molecular flexibility index (Phi) is 5.14. The molecule has 0 aromatic carbocycles. The lowest BCUT2D eigenvalue weighted by Gasteiger charge is -2.26. The van der Waals surface area contributed by atoms with E-state index in [-0.39, 0.29) is 17.9 Å². The lowest BCUT2D eigenvalue weighted by molar-refractivity contribution is -0.120. The zero-order chi connectivity index (χ0) is 15.3. The van der Waals surface area contributed by atoms with Crippen molar-refractivity contribution in [3.8, 4) is 10.8 Å². The molecule has 2 rings (SSSR count). The van der Waals surface area contributed by atoms with Gasteiger partial charge in [-0.15, -0.1) is 11.3 Å². The summed E-state index contributed by atoms with van der Waals surface area (Å²) in [5.41, 5.74) is 6.46. The van der Waals surface area contributed by atoms with Gasteiger partial charge < -0.3 is 15.5 Å². The molecule has 0 unspecified atom stereocenters. The van der Waals surface area contributed by atoms with E-state index in [1.54, 1.807) is 11.3 Å². The summed E-state index contributed by atoms with van der Waals surface area (Å²) in [7, 11) is 0. The van der Waals surface area contributed by atoms with Crippen molar-refractivity contribution >= 4 is 17.2 Å². The zero-order valence-electron chi connectivity index (χ0n) is 12.4. The first kappa shape index (κ1) is 15.7. The highest BCUT2D eigenvalue weighted by Crippen LogP contribution is 2.23. The molecule has 0 aliphatic heterocycles. The molecule has 0 saturated heterocycles. The van der Waals surface area contributed by atoms with Crippen LogP contribution in [0.5, 0.6) is 0 Å². The molecule has 0 aliphatic rings. The van der Waals surface area contributed by atoms with E-state index >= 15 is 0 Å². The van der Waals surface area contributed by atoms with E-state index in [0.717, 1.165) is 17.7 Å². The van der Waals surface area contributed by atoms with E-state index in [0.29, 0.717) is 18.1 Å². The van der Waals surface area contributed by atoms with Crippen LogP contribution < -0.4 is 11.1 Å². The van der Waals surface area contributed by atoms with Crippen molar-refractivity contribution in [3.05, 3.63) is 29.5 Å². The molecule has 5 nitrogen and oxygen atoms in total. The molecule has 2 heterocycles. The first-order valence-electron chi connectivity index (χ1n) is 7.10. The smallest absolute Gasteiger partial charge is 0.236 e. The van der Waals surface area contributed by atoms with Crippen molar-refractivity contribution in [3.63, 3.8) is 0 Å². The molecule has 114 valence electrons. The molecular formula is C15H21N3O2S. The average molecular weight is 307 g/mol. The fraction of sp³-hybridized carbons (Fsp3) is 0.467. The van der Waals surface area contributed by atoms with Gasteiger partial charge in [-0.2, -0.15) is 0 Å². The second-order valence-corrected chi connectivity index (χ2v) is 6.09. The highest BCUT2D eigenvalue weighted by Gasteiger charge is 2.21.